The number of ketones is 1. The molecule has 0 saturated heterocycles. The standard InChI is InChI=1S/C30H42O2/c1-24(2)14-11-17-26(4)19-13-21-27(5)20-12-18-25(3)15-9-10-16-28(6)22-23-29(31)30(7,8)32/h9-10,12-16,18-23,32H,11,17H2,1-8H3/b10-9+,18-12+,21-13+,23-22+,25-15+,26-19+,27-20+,28-16+. The zero-order valence-electron chi connectivity index (χ0n) is 21.3. The molecule has 0 aromatic rings. The molecular weight excluding hydrogens is 392 g/mol. The summed E-state index contributed by atoms with van der Waals surface area (Å²) in [5.74, 6) is -0.307. The van der Waals surface area contributed by atoms with Crippen LogP contribution in [0.5, 0.6) is 0 Å². The molecule has 2 nitrogen and oxygen atoms in total. The summed E-state index contributed by atoms with van der Waals surface area (Å²) >= 11 is 0. The average Bonchev–Trinajstić information content (AvgIpc) is 2.68. The summed E-state index contributed by atoms with van der Waals surface area (Å²) in [6, 6.07) is 0. The summed E-state index contributed by atoms with van der Waals surface area (Å²) in [4.78, 5) is 11.7. The third-order valence-electron chi connectivity index (χ3n) is 4.48. The van der Waals surface area contributed by atoms with Gasteiger partial charge < -0.3 is 5.11 Å². The second-order valence-corrected chi connectivity index (χ2v) is 8.92. The Kier molecular flexibility index (Phi) is 14.6. The number of rotatable bonds is 12. The van der Waals surface area contributed by atoms with Crippen LogP contribution in [0.4, 0.5) is 0 Å². The molecule has 0 saturated carbocycles. The minimum atomic E-state index is -1.33. The van der Waals surface area contributed by atoms with Crippen LogP contribution >= 0.6 is 0 Å². The quantitative estimate of drug-likeness (QED) is 0.191. The summed E-state index contributed by atoms with van der Waals surface area (Å²) < 4.78 is 0. The fourth-order valence-electron chi connectivity index (χ4n) is 2.38. The van der Waals surface area contributed by atoms with Crippen molar-refractivity contribution < 1.29 is 9.90 Å². The second-order valence-electron chi connectivity index (χ2n) is 8.92. The van der Waals surface area contributed by atoms with Crippen molar-refractivity contribution in [3.63, 3.8) is 0 Å². The van der Waals surface area contributed by atoms with Crippen LogP contribution in [-0.4, -0.2) is 16.5 Å². The molecule has 0 radical (unpaired) electrons. The van der Waals surface area contributed by atoms with Crippen molar-refractivity contribution in [3.8, 4) is 0 Å². The van der Waals surface area contributed by atoms with Crippen LogP contribution < -0.4 is 0 Å². The minimum absolute atomic E-state index is 0.307. The van der Waals surface area contributed by atoms with Gasteiger partial charge >= 0.3 is 0 Å². The van der Waals surface area contributed by atoms with Crippen LogP contribution in [0, 0.1) is 0 Å². The minimum Gasteiger partial charge on any atom is -0.382 e. The van der Waals surface area contributed by atoms with Gasteiger partial charge in [-0.2, -0.15) is 0 Å². The van der Waals surface area contributed by atoms with Gasteiger partial charge in [0.2, 0.25) is 0 Å². The summed E-state index contributed by atoms with van der Waals surface area (Å²) in [6.45, 7) is 15.5. The normalized spacial score (nSPS) is 15.0. The number of carbonyl (C=O) groups is 1. The van der Waals surface area contributed by atoms with Crippen molar-refractivity contribution in [2.24, 2.45) is 0 Å². The Morgan fingerprint density at radius 2 is 1.16 bits per heavy atom. The first-order chi connectivity index (χ1) is 14.9. The zero-order chi connectivity index (χ0) is 24.6. The van der Waals surface area contributed by atoms with E-state index >= 15 is 0 Å². The molecule has 1 N–H and O–H groups in total. The smallest absolute Gasteiger partial charge is 0.186 e. The van der Waals surface area contributed by atoms with Crippen molar-refractivity contribution in [1.29, 1.82) is 0 Å². The van der Waals surface area contributed by atoms with E-state index in [4.69, 9.17) is 0 Å². The van der Waals surface area contributed by atoms with E-state index in [1.54, 1.807) is 6.08 Å². The summed E-state index contributed by atoms with van der Waals surface area (Å²) in [5.41, 5.74) is 4.71. The molecule has 32 heavy (non-hydrogen) atoms. The number of aliphatic hydroxyl groups is 1. The molecule has 0 bridgehead atoms. The van der Waals surface area contributed by atoms with Crippen molar-refractivity contribution in [2.75, 3.05) is 0 Å². The molecule has 0 atom stereocenters. The highest BCUT2D eigenvalue weighted by atomic mass is 16.3. The van der Waals surface area contributed by atoms with Gasteiger partial charge in [0.25, 0.3) is 0 Å². The lowest BCUT2D eigenvalue weighted by Gasteiger charge is -2.11. The molecular formula is C30H42O2. The van der Waals surface area contributed by atoms with E-state index in [2.05, 4.69) is 77.2 Å². The van der Waals surface area contributed by atoms with Gasteiger partial charge in [-0.25, -0.2) is 0 Å². The van der Waals surface area contributed by atoms with Crippen LogP contribution in [0.3, 0.4) is 0 Å². The van der Waals surface area contributed by atoms with E-state index in [9.17, 15) is 9.90 Å². The molecule has 0 heterocycles. The van der Waals surface area contributed by atoms with Crippen molar-refractivity contribution >= 4 is 5.78 Å². The first-order valence-corrected chi connectivity index (χ1v) is 11.2. The van der Waals surface area contributed by atoms with Gasteiger partial charge in [-0.05, 0) is 74.3 Å². The van der Waals surface area contributed by atoms with Crippen LogP contribution in [0.2, 0.25) is 0 Å². The maximum absolute atomic E-state index is 11.7. The Morgan fingerprint density at radius 3 is 1.66 bits per heavy atom. The van der Waals surface area contributed by atoms with E-state index in [1.807, 2.05) is 31.2 Å². The molecule has 0 spiro atoms. The predicted octanol–water partition coefficient (Wildman–Crippen LogP) is 8.08. The van der Waals surface area contributed by atoms with Crippen molar-refractivity contribution in [3.05, 3.63) is 107 Å². The van der Waals surface area contributed by atoms with Crippen molar-refractivity contribution in [1.82, 2.24) is 0 Å². The lowest BCUT2D eigenvalue weighted by atomic mass is 10.0. The summed E-state index contributed by atoms with van der Waals surface area (Å²) in [7, 11) is 0. The van der Waals surface area contributed by atoms with Gasteiger partial charge in [0.15, 0.2) is 5.78 Å². The Labute approximate surface area is 196 Å². The molecule has 0 aliphatic rings. The lowest BCUT2D eigenvalue weighted by molar-refractivity contribution is -0.128. The van der Waals surface area contributed by atoms with Crippen LogP contribution in [0.25, 0.3) is 0 Å². The Bertz CT molecular complexity index is 866. The Morgan fingerprint density at radius 1 is 0.688 bits per heavy atom. The highest BCUT2D eigenvalue weighted by Crippen LogP contribution is 2.08. The number of carbonyl (C=O) groups excluding carboxylic acids is 1. The molecule has 174 valence electrons. The van der Waals surface area contributed by atoms with Crippen LogP contribution in [0.15, 0.2) is 107 Å². The Hall–Kier alpha value is -2.71. The Balaban J connectivity index is 4.67. The van der Waals surface area contributed by atoms with Gasteiger partial charge in [0.05, 0.1) is 0 Å². The predicted molar refractivity (Wildman–Crippen MR) is 142 cm³/mol. The molecule has 0 aromatic carbocycles. The fourth-order valence-corrected chi connectivity index (χ4v) is 2.38. The molecule has 0 fully saturated rings. The average molecular weight is 435 g/mol. The first kappa shape index (κ1) is 29.3. The van der Waals surface area contributed by atoms with E-state index in [0.717, 1.165) is 24.0 Å². The molecule has 2 heteroatoms. The molecule has 0 aromatic heterocycles. The van der Waals surface area contributed by atoms with E-state index in [-0.39, 0.29) is 5.78 Å². The van der Waals surface area contributed by atoms with Crippen molar-refractivity contribution in [2.45, 2.75) is 73.8 Å². The SMILES string of the molecule is CC(C)=CCC/C(C)=C/C=C/C(C)=C/C=C/C(C)=C/C=C/C=C(C)/C=C/C(=O)C(C)(C)O. The lowest BCUT2D eigenvalue weighted by Crippen LogP contribution is -2.29. The van der Waals surface area contributed by atoms with Crippen LogP contribution in [-0.2, 0) is 4.79 Å². The maximum Gasteiger partial charge on any atom is 0.186 e. The molecule has 0 amide bonds. The first-order valence-electron chi connectivity index (χ1n) is 11.2. The van der Waals surface area contributed by atoms with Gasteiger partial charge in [0.1, 0.15) is 5.60 Å². The number of hydrogen-bond donors (Lipinski definition) is 1. The zero-order valence-corrected chi connectivity index (χ0v) is 21.3. The number of hydrogen-bond acceptors (Lipinski definition) is 2. The van der Waals surface area contributed by atoms with E-state index < -0.39 is 5.60 Å². The summed E-state index contributed by atoms with van der Waals surface area (Å²) in [6.07, 6.45) is 28.1. The van der Waals surface area contributed by atoms with Gasteiger partial charge in [-0.3, -0.25) is 4.79 Å². The monoisotopic (exact) mass is 434 g/mol. The van der Waals surface area contributed by atoms with E-state index in [0.29, 0.717) is 0 Å². The highest BCUT2D eigenvalue weighted by molar-refractivity contribution is 5.96. The van der Waals surface area contributed by atoms with Gasteiger partial charge in [0, 0.05) is 0 Å². The molecule has 0 aliphatic carbocycles. The third-order valence-corrected chi connectivity index (χ3v) is 4.48. The third kappa shape index (κ3) is 17.0. The fraction of sp³-hybridized carbons (Fsp3) is 0.367. The van der Waals surface area contributed by atoms with Crippen LogP contribution in [0.1, 0.15) is 68.2 Å². The maximum atomic E-state index is 11.7. The van der Waals surface area contributed by atoms with Gasteiger partial charge in [-0.15, -0.1) is 0 Å². The second kappa shape index (κ2) is 16.0. The molecule has 0 rings (SSSR count). The van der Waals surface area contributed by atoms with Gasteiger partial charge in [-0.1, -0.05) is 101 Å². The topological polar surface area (TPSA) is 37.3 Å². The largest absolute Gasteiger partial charge is 0.382 e. The summed E-state index contributed by atoms with van der Waals surface area (Å²) in [5, 5.41) is 9.63. The highest BCUT2D eigenvalue weighted by Gasteiger charge is 2.20. The molecule has 0 aliphatic heterocycles. The molecule has 0 unspecified atom stereocenters. The van der Waals surface area contributed by atoms with E-state index in [1.165, 1.54) is 36.6 Å². The number of allylic oxidation sites excluding steroid dienone is 17.